The van der Waals surface area contributed by atoms with Crippen LogP contribution in [0.25, 0.3) is 0 Å². The number of halogens is 3. The van der Waals surface area contributed by atoms with Crippen LogP contribution in [0.15, 0.2) is 42.6 Å². The van der Waals surface area contributed by atoms with Gasteiger partial charge in [0.1, 0.15) is 17.9 Å². The lowest BCUT2D eigenvalue weighted by atomic mass is 10.3. The molecule has 1 amide bonds. The van der Waals surface area contributed by atoms with E-state index < -0.39 is 23.8 Å². The summed E-state index contributed by atoms with van der Waals surface area (Å²) in [6, 6.07) is 9.10. The zero-order valence-corrected chi connectivity index (χ0v) is 13.2. The number of nitrogens with one attached hydrogen (secondary N) is 1. The van der Waals surface area contributed by atoms with Crippen LogP contribution in [0.3, 0.4) is 0 Å². The molecule has 0 radical (unpaired) electrons. The Kier molecular flexibility index (Phi) is 5.48. The number of rotatable bonds is 6. The molecule has 130 valence electrons. The van der Waals surface area contributed by atoms with Crippen molar-refractivity contribution in [2.24, 2.45) is 0 Å². The summed E-state index contributed by atoms with van der Waals surface area (Å²) in [5.41, 5.74) is -1.03. The first-order valence-electron chi connectivity index (χ1n) is 7.39. The highest BCUT2D eigenvalue weighted by atomic mass is 19.4. The van der Waals surface area contributed by atoms with Gasteiger partial charge in [-0.25, -0.2) is 0 Å². The zero-order chi connectivity index (χ0) is 17.7. The Morgan fingerprint density at radius 2 is 1.92 bits per heavy atom. The molecule has 2 unspecified atom stereocenters. The fraction of sp³-hybridized carbons (Fsp3) is 0.375. The average molecular weight is 341 g/mol. The van der Waals surface area contributed by atoms with Crippen LogP contribution in [-0.2, 0) is 11.0 Å². The number of carbonyl (C=O) groups is 1. The standard InChI is InChI=1S/C16H18F3N3O2/c1-11(24-13-6-4-3-5-7-13)10-20-15(23)12(2)22-9-8-14(21-22)16(17,18)19/h3-9,11-12H,10H2,1-2H3,(H,20,23). The third-order valence-electron chi connectivity index (χ3n) is 3.32. The predicted molar refractivity (Wildman–Crippen MR) is 81.5 cm³/mol. The number of hydrogen-bond donors (Lipinski definition) is 1. The minimum atomic E-state index is -4.53. The van der Waals surface area contributed by atoms with E-state index in [1.165, 1.54) is 6.92 Å². The van der Waals surface area contributed by atoms with Crippen molar-refractivity contribution >= 4 is 5.91 Å². The van der Waals surface area contributed by atoms with E-state index in [9.17, 15) is 18.0 Å². The molecule has 0 saturated heterocycles. The summed E-state index contributed by atoms with van der Waals surface area (Å²) in [4.78, 5) is 12.1. The Balaban J connectivity index is 1.86. The van der Waals surface area contributed by atoms with Gasteiger partial charge in [0.05, 0.1) is 6.54 Å². The lowest BCUT2D eigenvalue weighted by Crippen LogP contribution is -2.37. The van der Waals surface area contributed by atoms with Crippen molar-refractivity contribution in [3.63, 3.8) is 0 Å². The second-order valence-corrected chi connectivity index (χ2v) is 5.34. The minimum absolute atomic E-state index is 0.228. The highest BCUT2D eigenvalue weighted by Gasteiger charge is 2.34. The van der Waals surface area contributed by atoms with E-state index in [-0.39, 0.29) is 12.6 Å². The van der Waals surface area contributed by atoms with Crippen LogP contribution >= 0.6 is 0 Å². The van der Waals surface area contributed by atoms with Gasteiger partial charge in [-0.15, -0.1) is 0 Å². The first-order chi connectivity index (χ1) is 11.3. The molecular formula is C16H18F3N3O2. The van der Waals surface area contributed by atoms with Gasteiger partial charge in [0.25, 0.3) is 0 Å². The molecule has 0 aliphatic carbocycles. The summed E-state index contributed by atoms with van der Waals surface area (Å²) in [7, 11) is 0. The maximum Gasteiger partial charge on any atom is 0.435 e. The molecule has 0 aliphatic rings. The van der Waals surface area contributed by atoms with Gasteiger partial charge in [-0.3, -0.25) is 9.48 Å². The van der Waals surface area contributed by atoms with E-state index >= 15 is 0 Å². The summed E-state index contributed by atoms with van der Waals surface area (Å²) in [6.45, 7) is 3.49. The first-order valence-corrected chi connectivity index (χ1v) is 7.39. The number of para-hydroxylation sites is 1. The molecular weight excluding hydrogens is 323 g/mol. The second-order valence-electron chi connectivity index (χ2n) is 5.34. The molecule has 1 aromatic heterocycles. The van der Waals surface area contributed by atoms with E-state index in [0.29, 0.717) is 5.75 Å². The van der Waals surface area contributed by atoms with E-state index in [2.05, 4.69) is 10.4 Å². The summed E-state index contributed by atoms with van der Waals surface area (Å²) < 4.78 is 44.2. The lowest BCUT2D eigenvalue weighted by Gasteiger charge is -2.17. The van der Waals surface area contributed by atoms with Gasteiger partial charge in [-0.05, 0) is 32.0 Å². The van der Waals surface area contributed by atoms with E-state index in [4.69, 9.17) is 4.74 Å². The van der Waals surface area contributed by atoms with Crippen LogP contribution in [-0.4, -0.2) is 28.3 Å². The maximum absolute atomic E-state index is 12.5. The number of alkyl halides is 3. The smallest absolute Gasteiger partial charge is 0.435 e. The topological polar surface area (TPSA) is 56.2 Å². The Morgan fingerprint density at radius 1 is 1.25 bits per heavy atom. The number of carbonyl (C=O) groups excluding carboxylic acids is 1. The van der Waals surface area contributed by atoms with E-state index in [0.717, 1.165) is 16.9 Å². The van der Waals surface area contributed by atoms with Crippen molar-refractivity contribution in [3.8, 4) is 5.75 Å². The van der Waals surface area contributed by atoms with Gasteiger partial charge < -0.3 is 10.1 Å². The summed E-state index contributed by atoms with van der Waals surface area (Å²) in [6.07, 6.45) is -3.68. The van der Waals surface area contributed by atoms with Crippen LogP contribution in [0.5, 0.6) is 5.75 Å². The Bertz CT molecular complexity index is 671. The SMILES string of the molecule is CC(CNC(=O)C(C)n1ccc(C(F)(F)F)n1)Oc1ccccc1. The number of ether oxygens (including phenoxy) is 1. The fourth-order valence-corrected chi connectivity index (χ4v) is 1.99. The molecule has 0 saturated carbocycles. The summed E-state index contributed by atoms with van der Waals surface area (Å²) >= 11 is 0. The van der Waals surface area contributed by atoms with Gasteiger partial charge in [-0.1, -0.05) is 18.2 Å². The van der Waals surface area contributed by atoms with Crippen LogP contribution in [0.1, 0.15) is 25.6 Å². The molecule has 1 heterocycles. The molecule has 2 aromatic rings. The fourth-order valence-electron chi connectivity index (χ4n) is 1.99. The second kappa shape index (κ2) is 7.37. The van der Waals surface area contributed by atoms with Crippen molar-refractivity contribution in [3.05, 3.63) is 48.3 Å². The molecule has 1 N–H and O–H groups in total. The van der Waals surface area contributed by atoms with Crippen LogP contribution in [0, 0.1) is 0 Å². The maximum atomic E-state index is 12.5. The quantitative estimate of drug-likeness (QED) is 0.879. The monoisotopic (exact) mass is 341 g/mol. The number of nitrogens with zero attached hydrogens (tertiary/aromatic N) is 2. The summed E-state index contributed by atoms with van der Waals surface area (Å²) in [5, 5.41) is 6.04. The molecule has 0 aliphatic heterocycles. The van der Waals surface area contributed by atoms with Crippen molar-refractivity contribution in [1.82, 2.24) is 15.1 Å². The van der Waals surface area contributed by atoms with Crippen molar-refractivity contribution < 1.29 is 22.7 Å². The van der Waals surface area contributed by atoms with Gasteiger partial charge in [0, 0.05) is 6.20 Å². The summed E-state index contributed by atoms with van der Waals surface area (Å²) in [5.74, 6) is 0.240. The van der Waals surface area contributed by atoms with Crippen molar-refractivity contribution in [2.45, 2.75) is 32.2 Å². The highest BCUT2D eigenvalue weighted by Crippen LogP contribution is 2.27. The highest BCUT2D eigenvalue weighted by molar-refractivity contribution is 5.79. The molecule has 8 heteroatoms. The molecule has 2 atom stereocenters. The van der Waals surface area contributed by atoms with Crippen LogP contribution in [0.2, 0.25) is 0 Å². The first kappa shape index (κ1) is 17.8. The van der Waals surface area contributed by atoms with Crippen LogP contribution < -0.4 is 10.1 Å². The van der Waals surface area contributed by atoms with Crippen molar-refractivity contribution in [2.75, 3.05) is 6.54 Å². The van der Waals surface area contributed by atoms with Crippen molar-refractivity contribution in [1.29, 1.82) is 0 Å². The molecule has 0 bridgehead atoms. The molecule has 0 fully saturated rings. The van der Waals surface area contributed by atoms with Gasteiger partial charge in [0.2, 0.25) is 5.91 Å². The third kappa shape index (κ3) is 4.74. The minimum Gasteiger partial charge on any atom is -0.489 e. The Hall–Kier alpha value is -2.51. The molecule has 1 aromatic carbocycles. The molecule has 0 spiro atoms. The van der Waals surface area contributed by atoms with E-state index in [1.807, 2.05) is 18.2 Å². The van der Waals surface area contributed by atoms with E-state index in [1.54, 1.807) is 19.1 Å². The predicted octanol–water partition coefficient (Wildman–Crippen LogP) is 3.05. The largest absolute Gasteiger partial charge is 0.489 e. The van der Waals surface area contributed by atoms with Gasteiger partial charge in [-0.2, -0.15) is 18.3 Å². The van der Waals surface area contributed by atoms with Crippen LogP contribution in [0.4, 0.5) is 13.2 Å². The zero-order valence-electron chi connectivity index (χ0n) is 13.2. The third-order valence-corrected chi connectivity index (χ3v) is 3.32. The average Bonchev–Trinajstić information content (AvgIpc) is 3.03. The van der Waals surface area contributed by atoms with Gasteiger partial charge in [0.15, 0.2) is 5.69 Å². The molecule has 5 nitrogen and oxygen atoms in total. The molecule has 24 heavy (non-hydrogen) atoms. The Morgan fingerprint density at radius 3 is 2.50 bits per heavy atom. The number of aromatic nitrogens is 2. The Labute approximate surface area is 137 Å². The number of hydrogen-bond acceptors (Lipinski definition) is 3. The normalized spacial score (nSPS) is 14.0. The molecule has 2 rings (SSSR count). The number of benzene rings is 1. The number of amides is 1. The van der Waals surface area contributed by atoms with Gasteiger partial charge >= 0.3 is 6.18 Å². The lowest BCUT2D eigenvalue weighted by molar-refractivity contribution is -0.142.